The van der Waals surface area contributed by atoms with Crippen LogP contribution in [0.15, 0.2) is 35.3 Å². The first-order valence-corrected chi connectivity index (χ1v) is 11.1. The second-order valence-electron chi connectivity index (χ2n) is 7.04. The summed E-state index contributed by atoms with van der Waals surface area (Å²) in [6.45, 7) is 3.77. The van der Waals surface area contributed by atoms with Crippen LogP contribution in [0.2, 0.25) is 0 Å². The van der Waals surface area contributed by atoms with Gasteiger partial charge in [0.1, 0.15) is 0 Å². The lowest BCUT2D eigenvalue weighted by molar-refractivity contribution is 0.283. The van der Waals surface area contributed by atoms with Crippen molar-refractivity contribution in [2.45, 2.75) is 45.6 Å². The number of guanidine groups is 1. The van der Waals surface area contributed by atoms with E-state index >= 15 is 0 Å². The van der Waals surface area contributed by atoms with E-state index in [0.29, 0.717) is 24.5 Å². The molecule has 0 amide bonds. The van der Waals surface area contributed by atoms with E-state index in [1.165, 1.54) is 25.7 Å². The van der Waals surface area contributed by atoms with Crippen LogP contribution in [0.5, 0.6) is 0 Å². The van der Waals surface area contributed by atoms with Crippen LogP contribution in [0.4, 0.5) is 0 Å². The summed E-state index contributed by atoms with van der Waals surface area (Å²) in [4.78, 5) is 4.21. The Morgan fingerprint density at radius 1 is 1.15 bits per heavy atom. The number of nitrogens with one attached hydrogen (secondary N) is 3. The summed E-state index contributed by atoms with van der Waals surface area (Å²) < 4.78 is 26.9. The highest BCUT2D eigenvalue weighted by Crippen LogP contribution is 2.40. The molecule has 1 fully saturated rings. The minimum absolute atomic E-state index is 0. The molecule has 0 unspecified atom stereocenters. The Labute approximate surface area is 181 Å². The average Bonchev–Trinajstić information content (AvgIpc) is 3.13. The number of benzene rings is 1. The standard InChI is InChI=1S/C19H32N4O2S.HI/c1-3-19(11-7-8-12-19)16-22-18(20-2)21-13-14-26(24,25)23-15-17-9-5-4-6-10-17;/h4-6,9-10,23H,3,7-8,11-16H2,1-2H3,(H2,20,21,22);1H. The maximum absolute atomic E-state index is 12.1. The lowest BCUT2D eigenvalue weighted by atomic mass is 9.83. The van der Waals surface area contributed by atoms with Gasteiger partial charge in [0.15, 0.2) is 5.96 Å². The summed E-state index contributed by atoms with van der Waals surface area (Å²) in [5.74, 6) is 0.683. The van der Waals surface area contributed by atoms with E-state index < -0.39 is 10.0 Å². The fourth-order valence-electron chi connectivity index (χ4n) is 3.44. The van der Waals surface area contributed by atoms with Gasteiger partial charge >= 0.3 is 0 Å². The normalized spacial score (nSPS) is 16.6. The molecule has 27 heavy (non-hydrogen) atoms. The molecule has 154 valence electrons. The van der Waals surface area contributed by atoms with Crippen molar-refractivity contribution in [3.63, 3.8) is 0 Å². The Morgan fingerprint density at radius 3 is 2.41 bits per heavy atom. The Hall–Kier alpha value is -0.870. The monoisotopic (exact) mass is 508 g/mol. The fourth-order valence-corrected chi connectivity index (χ4v) is 4.34. The molecule has 1 aromatic rings. The van der Waals surface area contributed by atoms with Gasteiger partial charge in [-0.15, -0.1) is 24.0 Å². The van der Waals surface area contributed by atoms with Gasteiger partial charge in [-0.3, -0.25) is 4.99 Å². The number of aliphatic imine (C=N–C) groups is 1. The molecular formula is C19H33IN4O2S. The molecule has 0 aromatic heterocycles. The van der Waals surface area contributed by atoms with Crippen LogP contribution < -0.4 is 15.4 Å². The number of hydrogen-bond donors (Lipinski definition) is 3. The lowest BCUT2D eigenvalue weighted by Gasteiger charge is -2.28. The third kappa shape index (κ3) is 8.35. The molecule has 0 atom stereocenters. The molecule has 0 aliphatic heterocycles. The summed E-state index contributed by atoms with van der Waals surface area (Å²) in [5.41, 5.74) is 1.31. The topological polar surface area (TPSA) is 82.6 Å². The SMILES string of the molecule is CCC1(CNC(=NC)NCCS(=O)(=O)NCc2ccccc2)CCCC1.I. The minimum Gasteiger partial charge on any atom is -0.356 e. The van der Waals surface area contributed by atoms with Gasteiger partial charge in [0.2, 0.25) is 10.0 Å². The van der Waals surface area contributed by atoms with Crippen molar-refractivity contribution >= 4 is 40.0 Å². The van der Waals surface area contributed by atoms with Crippen molar-refractivity contribution in [2.75, 3.05) is 25.9 Å². The van der Waals surface area contributed by atoms with Crippen molar-refractivity contribution in [3.05, 3.63) is 35.9 Å². The number of sulfonamides is 1. The highest BCUT2D eigenvalue weighted by Gasteiger charge is 2.31. The van der Waals surface area contributed by atoms with Crippen molar-refractivity contribution in [1.82, 2.24) is 15.4 Å². The molecule has 1 aromatic carbocycles. The summed E-state index contributed by atoms with van der Waals surface area (Å²) in [6, 6.07) is 9.51. The van der Waals surface area contributed by atoms with Crippen LogP contribution >= 0.6 is 24.0 Å². The first kappa shape index (κ1) is 24.2. The molecule has 0 spiro atoms. The smallest absolute Gasteiger partial charge is 0.213 e. The number of halogens is 1. The fraction of sp³-hybridized carbons (Fsp3) is 0.632. The minimum atomic E-state index is -3.33. The zero-order valence-corrected chi connectivity index (χ0v) is 19.5. The highest BCUT2D eigenvalue weighted by molar-refractivity contribution is 14.0. The zero-order valence-electron chi connectivity index (χ0n) is 16.3. The maximum Gasteiger partial charge on any atom is 0.213 e. The van der Waals surface area contributed by atoms with Crippen LogP contribution in [-0.4, -0.2) is 40.3 Å². The Balaban J connectivity index is 0.00000364. The quantitative estimate of drug-likeness (QED) is 0.272. The molecule has 1 saturated carbocycles. The van der Waals surface area contributed by atoms with Gasteiger partial charge in [-0.1, -0.05) is 50.1 Å². The molecule has 1 aliphatic carbocycles. The molecule has 3 N–H and O–H groups in total. The van der Waals surface area contributed by atoms with E-state index in [9.17, 15) is 8.42 Å². The largest absolute Gasteiger partial charge is 0.356 e. The molecular weight excluding hydrogens is 475 g/mol. The molecule has 0 saturated heterocycles. The van der Waals surface area contributed by atoms with Crippen molar-refractivity contribution < 1.29 is 8.42 Å². The molecule has 0 radical (unpaired) electrons. The van der Waals surface area contributed by atoms with E-state index in [1.807, 2.05) is 30.3 Å². The van der Waals surface area contributed by atoms with Gasteiger partial charge in [-0.05, 0) is 30.2 Å². The Bertz CT molecular complexity index is 674. The molecule has 2 rings (SSSR count). The van der Waals surface area contributed by atoms with Gasteiger partial charge in [-0.2, -0.15) is 0 Å². The van der Waals surface area contributed by atoms with Gasteiger partial charge < -0.3 is 10.6 Å². The van der Waals surface area contributed by atoms with Gasteiger partial charge in [-0.25, -0.2) is 13.1 Å². The third-order valence-corrected chi connectivity index (χ3v) is 6.60. The van der Waals surface area contributed by atoms with Crippen LogP contribution in [0.1, 0.15) is 44.6 Å². The molecule has 8 heteroatoms. The van der Waals surface area contributed by atoms with E-state index in [0.717, 1.165) is 18.5 Å². The summed E-state index contributed by atoms with van der Waals surface area (Å²) >= 11 is 0. The molecule has 1 aliphatic rings. The zero-order chi connectivity index (χ0) is 18.9. The molecule has 6 nitrogen and oxygen atoms in total. The van der Waals surface area contributed by atoms with Crippen LogP contribution in [0, 0.1) is 5.41 Å². The number of rotatable bonds is 9. The van der Waals surface area contributed by atoms with Crippen LogP contribution in [0.25, 0.3) is 0 Å². The van der Waals surface area contributed by atoms with Gasteiger partial charge in [0.05, 0.1) is 5.75 Å². The van der Waals surface area contributed by atoms with E-state index in [4.69, 9.17) is 0 Å². The first-order chi connectivity index (χ1) is 12.5. The summed E-state index contributed by atoms with van der Waals surface area (Å²) in [6.07, 6.45) is 6.27. The van der Waals surface area contributed by atoms with E-state index in [1.54, 1.807) is 7.05 Å². The predicted octanol–water partition coefficient (Wildman–Crippen LogP) is 2.86. The maximum atomic E-state index is 12.1. The van der Waals surface area contributed by atoms with Crippen molar-refractivity contribution in [3.8, 4) is 0 Å². The van der Waals surface area contributed by atoms with Gasteiger partial charge in [0, 0.05) is 26.7 Å². The van der Waals surface area contributed by atoms with E-state index in [2.05, 4.69) is 27.3 Å². The number of hydrogen-bond acceptors (Lipinski definition) is 3. The van der Waals surface area contributed by atoms with Crippen LogP contribution in [0.3, 0.4) is 0 Å². The van der Waals surface area contributed by atoms with Crippen molar-refractivity contribution in [1.29, 1.82) is 0 Å². The first-order valence-electron chi connectivity index (χ1n) is 9.44. The third-order valence-electron chi connectivity index (χ3n) is 5.27. The Kier molecular flexibility index (Phi) is 10.6. The van der Waals surface area contributed by atoms with Gasteiger partial charge in [0.25, 0.3) is 0 Å². The summed E-state index contributed by atoms with van der Waals surface area (Å²) in [7, 11) is -1.61. The molecule has 0 heterocycles. The Morgan fingerprint density at radius 2 is 1.81 bits per heavy atom. The predicted molar refractivity (Wildman–Crippen MR) is 123 cm³/mol. The number of nitrogens with zero attached hydrogens (tertiary/aromatic N) is 1. The average molecular weight is 508 g/mol. The van der Waals surface area contributed by atoms with Crippen LogP contribution in [-0.2, 0) is 16.6 Å². The summed E-state index contributed by atoms with van der Waals surface area (Å²) in [5, 5.41) is 6.48. The second-order valence-corrected chi connectivity index (χ2v) is 8.97. The van der Waals surface area contributed by atoms with E-state index in [-0.39, 0.29) is 29.7 Å². The molecule has 0 bridgehead atoms. The lowest BCUT2D eigenvalue weighted by Crippen LogP contribution is -2.44. The van der Waals surface area contributed by atoms with Crippen molar-refractivity contribution in [2.24, 2.45) is 10.4 Å². The second kappa shape index (κ2) is 11.9. The highest BCUT2D eigenvalue weighted by atomic mass is 127.